The fourth-order valence-corrected chi connectivity index (χ4v) is 7.60. The van der Waals surface area contributed by atoms with Crippen LogP contribution in [0.5, 0.6) is 0 Å². The first kappa shape index (κ1) is 25.6. The number of rotatable bonds is 5. The fourth-order valence-electron chi connectivity index (χ4n) is 4.18. The lowest BCUT2D eigenvalue weighted by Crippen LogP contribution is -2.11. The van der Waals surface area contributed by atoms with Gasteiger partial charge in [-0.1, -0.05) is 17.7 Å². The molecule has 7 nitrogen and oxygen atoms in total. The Kier molecular flexibility index (Phi) is 6.44. The molecule has 0 saturated carbocycles. The van der Waals surface area contributed by atoms with Gasteiger partial charge in [-0.15, -0.1) is 22.7 Å². The van der Waals surface area contributed by atoms with Gasteiger partial charge in [-0.3, -0.25) is 4.79 Å². The monoisotopic (exact) mass is 590 g/mol. The minimum atomic E-state index is -4.63. The first-order valence-corrected chi connectivity index (χ1v) is 15.0. The summed E-state index contributed by atoms with van der Waals surface area (Å²) in [5, 5.41) is 4.88. The summed E-state index contributed by atoms with van der Waals surface area (Å²) in [5.74, 6) is -0.225. The number of benzene rings is 4. The summed E-state index contributed by atoms with van der Waals surface area (Å²) in [6.45, 7) is 1.61. The molecule has 39 heavy (non-hydrogen) atoms. The fraction of sp³-hybridized carbons (Fsp3) is 0.0357. The van der Waals surface area contributed by atoms with Crippen molar-refractivity contribution in [3.05, 3.63) is 95.0 Å². The van der Waals surface area contributed by atoms with E-state index in [-0.39, 0.29) is 10.8 Å². The number of amides is 1. The summed E-state index contributed by atoms with van der Waals surface area (Å²) < 4.78 is 36.9. The SMILES string of the molecule is Cc1ccc2nc(-c3ccc4nc(-c5ccc(NC(=O)c6ccc(Cl)cc6)cc5)sc4c3)sc2c1S(=O)(=O)[O-]. The zero-order valence-electron chi connectivity index (χ0n) is 20.1. The van der Waals surface area contributed by atoms with Gasteiger partial charge >= 0.3 is 0 Å². The van der Waals surface area contributed by atoms with Gasteiger partial charge in [-0.25, -0.2) is 18.4 Å². The number of fused-ring (bicyclic) bond motifs is 2. The number of aryl methyl sites for hydroxylation is 1. The van der Waals surface area contributed by atoms with Crippen molar-refractivity contribution in [3.8, 4) is 21.1 Å². The maximum absolute atomic E-state index is 12.5. The summed E-state index contributed by atoms with van der Waals surface area (Å²) in [7, 11) is -4.63. The van der Waals surface area contributed by atoms with Crippen molar-refractivity contribution in [1.82, 2.24) is 9.97 Å². The average Bonchev–Trinajstić information content (AvgIpc) is 3.52. The van der Waals surface area contributed by atoms with Crippen molar-refractivity contribution in [2.24, 2.45) is 0 Å². The molecule has 6 aromatic rings. The number of carbonyl (C=O) groups excluding carboxylic acids is 1. The number of thiazole rings is 2. The van der Waals surface area contributed by atoms with Crippen LogP contribution in [0.25, 0.3) is 41.6 Å². The molecule has 0 radical (unpaired) electrons. The third kappa shape index (κ3) is 5.05. The Hall–Kier alpha value is -3.67. The number of hydrogen-bond donors (Lipinski definition) is 1. The van der Waals surface area contributed by atoms with Crippen LogP contribution in [0.4, 0.5) is 5.69 Å². The van der Waals surface area contributed by atoms with Crippen LogP contribution in [0.1, 0.15) is 15.9 Å². The summed E-state index contributed by atoms with van der Waals surface area (Å²) in [6, 6.07) is 23.2. The molecule has 2 aromatic heterocycles. The minimum absolute atomic E-state index is 0.210. The van der Waals surface area contributed by atoms with E-state index in [1.165, 1.54) is 22.7 Å². The average molecular weight is 591 g/mol. The summed E-state index contributed by atoms with van der Waals surface area (Å²) in [5.41, 5.74) is 4.59. The first-order chi connectivity index (χ1) is 18.7. The smallest absolute Gasteiger partial charge is 0.255 e. The Morgan fingerprint density at radius 2 is 1.49 bits per heavy atom. The van der Waals surface area contributed by atoms with Crippen molar-refractivity contribution >= 4 is 76.4 Å². The molecule has 0 aliphatic heterocycles. The number of anilines is 1. The molecule has 0 aliphatic carbocycles. The topological polar surface area (TPSA) is 112 Å². The van der Waals surface area contributed by atoms with E-state index in [1.54, 1.807) is 43.3 Å². The van der Waals surface area contributed by atoms with Crippen LogP contribution < -0.4 is 5.32 Å². The van der Waals surface area contributed by atoms with Crippen LogP contribution in [-0.4, -0.2) is 28.8 Å². The molecule has 2 heterocycles. The van der Waals surface area contributed by atoms with Gasteiger partial charge in [0.05, 0.1) is 25.3 Å². The third-order valence-corrected chi connectivity index (χ3v) is 9.70. The van der Waals surface area contributed by atoms with Crippen LogP contribution in [0.15, 0.2) is 83.8 Å². The number of carbonyl (C=O) groups is 1. The Labute approximate surface area is 236 Å². The van der Waals surface area contributed by atoms with Gasteiger partial charge in [-0.2, -0.15) is 0 Å². The van der Waals surface area contributed by atoms with E-state index < -0.39 is 10.1 Å². The van der Waals surface area contributed by atoms with E-state index in [2.05, 4.69) is 10.3 Å². The molecule has 4 aromatic carbocycles. The van der Waals surface area contributed by atoms with E-state index in [0.717, 1.165) is 26.4 Å². The molecule has 1 N–H and O–H groups in total. The largest absolute Gasteiger partial charge is 0.744 e. The van der Waals surface area contributed by atoms with Gasteiger partial charge in [-0.05, 0) is 85.3 Å². The molecular formula is C28H17ClN3O4S3-. The molecular weight excluding hydrogens is 574 g/mol. The second-order valence-corrected chi connectivity index (χ2v) is 12.6. The highest BCUT2D eigenvalue weighted by atomic mass is 35.5. The molecule has 0 saturated heterocycles. The molecule has 0 aliphatic rings. The van der Waals surface area contributed by atoms with Crippen LogP contribution in [-0.2, 0) is 10.1 Å². The van der Waals surface area contributed by atoms with E-state index in [1.807, 2.05) is 42.5 Å². The van der Waals surface area contributed by atoms with Crippen LogP contribution in [0, 0.1) is 6.92 Å². The van der Waals surface area contributed by atoms with Gasteiger partial charge in [0.15, 0.2) is 0 Å². The lowest BCUT2D eigenvalue weighted by molar-refractivity contribution is 0.102. The molecule has 0 unspecified atom stereocenters. The van der Waals surface area contributed by atoms with Crippen molar-refractivity contribution in [2.75, 3.05) is 5.32 Å². The van der Waals surface area contributed by atoms with Crippen molar-refractivity contribution < 1.29 is 17.8 Å². The van der Waals surface area contributed by atoms with Gasteiger partial charge < -0.3 is 9.87 Å². The lowest BCUT2D eigenvalue weighted by Gasteiger charge is -2.10. The predicted octanol–water partition coefficient (Wildman–Crippen LogP) is 7.36. The standard InChI is InChI=1S/C28H18ClN3O4S3/c1-15-2-12-22-24(25(15)39(34,35)36)38-28(32-22)18-7-13-21-23(14-18)37-27(31-21)17-5-10-20(11-6-17)30-26(33)16-3-8-19(29)9-4-16/h2-14H,1H3,(H,30,33)(H,34,35,36)/p-1. The highest BCUT2D eigenvalue weighted by Crippen LogP contribution is 2.38. The molecule has 0 atom stereocenters. The number of halogens is 1. The van der Waals surface area contributed by atoms with Gasteiger partial charge in [0.2, 0.25) is 0 Å². The van der Waals surface area contributed by atoms with Crippen LogP contribution in [0.3, 0.4) is 0 Å². The van der Waals surface area contributed by atoms with Gasteiger partial charge in [0.1, 0.15) is 20.1 Å². The second-order valence-electron chi connectivity index (χ2n) is 8.77. The highest BCUT2D eigenvalue weighted by Gasteiger charge is 2.17. The van der Waals surface area contributed by atoms with Crippen molar-refractivity contribution in [1.29, 1.82) is 0 Å². The molecule has 1 amide bonds. The quantitative estimate of drug-likeness (QED) is 0.210. The van der Waals surface area contributed by atoms with Crippen LogP contribution >= 0.6 is 34.3 Å². The number of nitrogens with zero attached hydrogens (tertiary/aromatic N) is 2. The van der Waals surface area contributed by atoms with Crippen molar-refractivity contribution in [2.45, 2.75) is 11.8 Å². The first-order valence-electron chi connectivity index (χ1n) is 11.6. The number of aromatic nitrogens is 2. The third-order valence-electron chi connectivity index (χ3n) is 6.09. The number of hydrogen-bond acceptors (Lipinski definition) is 8. The Morgan fingerprint density at radius 3 is 2.21 bits per heavy atom. The molecule has 0 bridgehead atoms. The number of nitrogens with one attached hydrogen (secondary N) is 1. The summed E-state index contributed by atoms with van der Waals surface area (Å²) >= 11 is 8.60. The summed E-state index contributed by atoms with van der Waals surface area (Å²) in [4.78, 5) is 21.6. The van der Waals surface area contributed by atoms with E-state index in [0.29, 0.717) is 37.1 Å². The van der Waals surface area contributed by atoms with Gasteiger partial charge in [0.25, 0.3) is 5.91 Å². The van der Waals surface area contributed by atoms with E-state index in [4.69, 9.17) is 16.6 Å². The van der Waals surface area contributed by atoms with E-state index in [9.17, 15) is 17.8 Å². The highest BCUT2D eigenvalue weighted by molar-refractivity contribution is 7.86. The summed E-state index contributed by atoms with van der Waals surface area (Å²) in [6.07, 6.45) is 0. The Balaban J connectivity index is 1.27. The molecule has 0 spiro atoms. The molecule has 11 heteroatoms. The zero-order valence-corrected chi connectivity index (χ0v) is 23.3. The Bertz CT molecular complexity index is 2000. The van der Waals surface area contributed by atoms with Crippen molar-refractivity contribution in [3.63, 3.8) is 0 Å². The predicted molar refractivity (Wildman–Crippen MR) is 156 cm³/mol. The maximum Gasteiger partial charge on any atom is 0.255 e. The lowest BCUT2D eigenvalue weighted by atomic mass is 10.2. The van der Waals surface area contributed by atoms with Crippen LogP contribution in [0.2, 0.25) is 5.02 Å². The zero-order chi connectivity index (χ0) is 27.3. The minimum Gasteiger partial charge on any atom is -0.744 e. The maximum atomic E-state index is 12.5. The van der Waals surface area contributed by atoms with E-state index >= 15 is 0 Å². The second kappa shape index (κ2) is 9.82. The molecule has 6 rings (SSSR count). The Morgan fingerprint density at radius 1 is 0.846 bits per heavy atom. The van der Waals surface area contributed by atoms with Gasteiger partial charge in [0, 0.05) is 27.4 Å². The normalized spacial score (nSPS) is 11.8. The molecule has 194 valence electrons. The molecule has 0 fully saturated rings.